The van der Waals surface area contributed by atoms with Crippen LogP contribution in [-0.4, -0.2) is 60.9 Å². The molecular formula is C21H30N4O5S. The third-order valence-electron chi connectivity index (χ3n) is 4.40. The third-order valence-corrected chi connectivity index (χ3v) is 5.05. The lowest BCUT2D eigenvalue weighted by molar-refractivity contribution is -0.132. The first-order valence-corrected chi connectivity index (χ1v) is 11.2. The topological polar surface area (TPSA) is 137 Å². The number of hydrogen-bond acceptors (Lipinski definition) is 7. The number of carbonyl (C=O) groups is 4. The van der Waals surface area contributed by atoms with Crippen molar-refractivity contribution in [3.63, 3.8) is 0 Å². The van der Waals surface area contributed by atoms with E-state index in [1.807, 2.05) is 6.26 Å². The first-order chi connectivity index (χ1) is 14.8. The van der Waals surface area contributed by atoms with Crippen molar-refractivity contribution in [3.05, 3.63) is 29.8 Å². The predicted molar refractivity (Wildman–Crippen MR) is 120 cm³/mol. The summed E-state index contributed by atoms with van der Waals surface area (Å²) in [5, 5.41) is 15.0. The number of nitrogens with one attached hydrogen (secondary N) is 4. The first kappa shape index (κ1) is 26.2. The summed E-state index contributed by atoms with van der Waals surface area (Å²) in [6.45, 7) is 1.55. The second-order valence-corrected chi connectivity index (χ2v) is 7.80. The molecule has 3 amide bonds. The Morgan fingerprint density at radius 3 is 2.26 bits per heavy atom. The summed E-state index contributed by atoms with van der Waals surface area (Å²) >= 11 is 1.54. The number of carbonyl (C=O) groups excluding carboxylic acids is 4. The van der Waals surface area contributed by atoms with Crippen LogP contribution < -0.4 is 20.7 Å². The minimum absolute atomic E-state index is 0.0454. The van der Waals surface area contributed by atoms with Crippen molar-refractivity contribution < 1.29 is 23.9 Å². The molecule has 0 aromatic heterocycles. The molecular weight excluding hydrogens is 420 g/mol. The number of ether oxygens (including phenoxy) is 1. The molecule has 1 rings (SSSR count). The summed E-state index contributed by atoms with van der Waals surface area (Å²) in [6, 6.07) is 5.40. The highest BCUT2D eigenvalue weighted by Crippen LogP contribution is 2.11. The number of thioether (sulfide) groups is 1. The summed E-state index contributed by atoms with van der Waals surface area (Å²) in [5.41, 5.74) is 0.839. The lowest BCUT2D eigenvalue weighted by Crippen LogP contribution is -2.53. The lowest BCUT2D eigenvalue weighted by atomic mass is 10.1. The molecule has 9 nitrogen and oxygen atoms in total. The molecule has 1 aromatic carbocycles. The number of benzene rings is 1. The van der Waals surface area contributed by atoms with Gasteiger partial charge in [-0.05, 0) is 42.5 Å². The Bertz CT molecular complexity index is 770. The number of ketones is 1. The lowest BCUT2D eigenvalue weighted by Gasteiger charge is -2.22. The predicted octanol–water partition coefficient (Wildman–Crippen LogP) is 1.05. The zero-order valence-corrected chi connectivity index (χ0v) is 18.8. The maximum atomic E-state index is 12.7. The fourth-order valence-corrected chi connectivity index (χ4v) is 3.18. The summed E-state index contributed by atoms with van der Waals surface area (Å²) in [7, 11) is 1.56. The minimum Gasteiger partial charge on any atom is -0.497 e. The Morgan fingerprint density at radius 1 is 1.06 bits per heavy atom. The number of Topliss-reactive ketones (excluding diaryl/α,β-unsaturated/α-hetero) is 1. The Morgan fingerprint density at radius 2 is 1.71 bits per heavy atom. The van der Waals surface area contributed by atoms with Crippen molar-refractivity contribution in [2.24, 2.45) is 0 Å². The van der Waals surface area contributed by atoms with Crippen LogP contribution in [0.3, 0.4) is 0 Å². The largest absolute Gasteiger partial charge is 0.497 e. The molecule has 170 valence electrons. The van der Waals surface area contributed by atoms with E-state index in [-0.39, 0.29) is 25.3 Å². The van der Waals surface area contributed by atoms with Crippen LogP contribution in [0.15, 0.2) is 24.3 Å². The van der Waals surface area contributed by atoms with E-state index in [1.54, 1.807) is 31.4 Å². The summed E-state index contributed by atoms with van der Waals surface area (Å²) in [6.07, 6.45) is 2.98. The molecule has 0 heterocycles. The molecule has 1 aromatic rings. The maximum absolute atomic E-state index is 12.7. The fraction of sp³-hybridized carbons (Fsp3) is 0.476. The van der Waals surface area contributed by atoms with Crippen molar-refractivity contribution in [2.45, 2.75) is 44.8 Å². The van der Waals surface area contributed by atoms with Crippen LogP contribution in [0.5, 0.6) is 5.75 Å². The van der Waals surface area contributed by atoms with Gasteiger partial charge < -0.3 is 26.1 Å². The van der Waals surface area contributed by atoms with Crippen LogP contribution in [0.2, 0.25) is 0 Å². The average Bonchev–Trinajstić information content (AvgIpc) is 2.77. The quantitative estimate of drug-likeness (QED) is 0.313. The van der Waals surface area contributed by atoms with Gasteiger partial charge in [0.25, 0.3) is 0 Å². The Kier molecular flexibility index (Phi) is 12.0. The zero-order chi connectivity index (χ0) is 23.2. The highest BCUT2D eigenvalue weighted by Gasteiger charge is 2.26. The highest BCUT2D eigenvalue weighted by atomic mass is 32.2. The first-order valence-electron chi connectivity index (χ1n) is 9.81. The van der Waals surface area contributed by atoms with Gasteiger partial charge in [0, 0.05) is 19.9 Å². The molecule has 0 unspecified atom stereocenters. The molecule has 31 heavy (non-hydrogen) atoms. The van der Waals surface area contributed by atoms with E-state index in [0.717, 1.165) is 5.56 Å². The fourth-order valence-electron chi connectivity index (χ4n) is 2.71. The molecule has 0 aliphatic heterocycles. The number of rotatable bonds is 14. The maximum Gasteiger partial charge on any atom is 0.243 e. The molecule has 0 saturated heterocycles. The molecule has 0 saturated carbocycles. The van der Waals surface area contributed by atoms with Crippen LogP contribution in [0, 0.1) is 5.41 Å². The molecule has 0 fully saturated rings. The molecule has 10 heteroatoms. The SMILES string of the molecule is COc1ccc(CNC(=O)[C@H](CCC(=O)C=N)NC(=O)[C@H](CCSC)NC(C)=O)cc1. The second-order valence-electron chi connectivity index (χ2n) is 6.81. The minimum atomic E-state index is -0.972. The highest BCUT2D eigenvalue weighted by molar-refractivity contribution is 7.98. The zero-order valence-electron chi connectivity index (χ0n) is 18.0. The van der Waals surface area contributed by atoms with E-state index < -0.39 is 29.7 Å². The Hall–Kier alpha value is -2.88. The van der Waals surface area contributed by atoms with Crippen LogP contribution >= 0.6 is 11.8 Å². The van der Waals surface area contributed by atoms with Crippen LogP contribution in [0.25, 0.3) is 0 Å². The number of methoxy groups -OCH3 is 1. The molecule has 0 aliphatic carbocycles. The van der Waals surface area contributed by atoms with Gasteiger partial charge in [-0.2, -0.15) is 11.8 Å². The van der Waals surface area contributed by atoms with Gasteiger partial charge in [0.1, 0.15) is 17.8 Å². The van der Waals surface area contributed by atoms with Gasteiger partial charge in [-0.1, -0.05) is 12.1 Å². The third kappa shape index (κ3) is 10.1. The van der Waals surface area contributed by atoms with Crippen molar-refractivity contribution in [1.29, 1.82) is 5.41 Å². The Labute approximate surface area is 186 Å². The van der Waals surface area contributed by atoms with Gasteiger partial charge in [0.15, 0.2) is 5.78 Å². The molecule has 4 N–H and O–H groups in total. The van der Waals surface area contributed by atoms with E-state index in [0.29, 0.717) is 24.1 Å². The van der Waals surface area contributed by atoms with Gasteiger partial charge >= 0.3 is 0 Å². The van der Waals surface area contributed by atoms with Crippen molar-refractivity contribution in [2.75, 3.05) is 19.1 Å². The normalized spacial score (nSPS) is 12.2. The van der Waals surface area contributed by atoms with E-state index >= 15 is 0 Å². The standard InChI is InChI=1S/C21H30N4O5S/c1-14(26)24-19(10-11-31-3)21(29)25-18(9-6-16(27)12-22)20(28)23-13-15-4-7-17(30-2)8-5-15/h4-5,7-8,12,18-19,22H,6,9-11,13H2,1-3H3,(H,23,28)(H,24,26)(H,25,29)/t18-,19-/m0/s1. The van der Waals surface area contributed by atoms with E-state index in [2.05, 4.69) is 16.0 Å². The smallest absolute Gasteiger partial charge is 0.243 e. The molecule has 0 bridgehead atoms. The monoisotopic (exact) mass is 450 g/mol. The van der Waals surface area contributed by atoms with Crippen molar-refractivity contribution >= 4 is 41.5 Å². The van der Waals surface area contributed by atoms with Crippen LogP contribution in [-0.2, 0) is 25.7 Å². The molecule has 0 spiro atoms. The second kappa shape index (κ2) is 14.2. The van der Waals surface area contributed by atoms with E-state index in [4.69, 9.17) is 10.1 Å². The number of amides is 3. The van der Waals surface area contributed by atoms with Gasteiger partial charge in [-0.25, -0.2) is 0 Å². The van der Waals surface area contributed by atoms with Crippen molar-refractivity contribution in [3.8, 4) is 5.75 Å². The Balaban J connectivity index is 2.83. The summed E-state index contributed by atoms with van der Waals surface area (Å²) in [5.74, 6) is -0.383. The molecule has 2 atom stereocenters. The van der Waals surface area contributed by atoms with Gasteiger partial charge in [0.05, 0.1) is 13.3 Å². The molecule has 0 aliphatic rings. The van der Waals surface area contributed by atoms with Gasteiger partial charge in [-0.3, -0.25) is 19.2 Å². The number of hydrogen-bond donors (Lipinski definition) is 4. The van der Waals surface area contributed by atoms with Crippen molar-refractivity contribution in [1.82, 2.24) is 16.0 Å². The van der Waals surface area contributed by atoms with E-state index in [1.165, 1.54) is 18.7 Å². The average molecular weight is 451 g/mol. The summed E-state index contributed by atoms with van der Waals surface area (Å²) in [4.78, 5) is 48.4. The van der Waals surface area contributed by atoms with Gasteiger partial charge in [-0.15, -0.1) is 0 Å². The van der Waals surface area contributed by atoms with E-state index in [9.17, 15) is 19.2 Å². The van der Waals surface area contributed by atoms with Crippen LogP contribution in [0.1, 0.15) is 31.7 Å². The van der Waals surface area contributed by atoms with Gasteiger partial charge in [0.2, 0.25) is 17.7 Å². The summed E-state index contributed by atoms with van der Waals surface area (Å²) < 4.78 is 5.10. The van der Waals surface area contributed by atoms with Crippen LogP contribution in [0.4, 0.5) is 0 Å². The molecule has 0 radical (unpaired) electrons.